The summed E-state index contributed by atoms with van der Waals surface area (Å²) in [6.07, 6.45) is 3.33. The highest BCUT2D eigenvalue weighted by molar-refractivity contribution is 5.87. The summed E-state index contributed by atoms with van der Waals surface area (Å²) in [5, 5.41) is 10.9. The predicted molar refractivity (Wildman–Crippen MR) is 123 cm³/mol. The Bertz CT molecular complexity index is 1470. The van der Waals surface area contributed by atoms with Crippen LogP contribution in [0.2, 0.25) is 0 Å². The fourth-order valence-electron chi connectivity index (χ4n) is 4.96. The Hall–Kier alpha value is -3.61. The standard InChI is InChI=1S/C25H25N3O4/c1-14-6-5-8-19-23(14)18(13-26-19)15(2)27-20-9-4-3-7-17(20)24(31)28(25(27)32)21(12-22(29)30)16-10-11-16/h3-9,13,15-16,21,26H,10-12H2,1-2H3,(H,29,30). The van der Waals surface area contributed by atoms with Crippen LogP contribution in [0.25, 0.3) is 21.8 Å². The largest absolute Gasteiger partial charge is 0.481 e. The molecule has 2 heterocycles. The van der Waals surface area contributed by atoms with E-state index >= 15 is 0 Å². The zero-order valence-electron chi connectivity index (χ0n) is 18.0. The number of benzene rings is 2. The monoisotopic (exact) mass is 431 g/mol. The van der Waals surface area contributed by atoms with Crippen LogP contribution in [0.3, 0.4) is 0 Å². The number of carboxylic acid groups (broad SMARTS) is 1. The molecule has 0 aliphatic heterocycles. The summed E-state index contributed by atoms with van der Waals surface area (Å²) < 4.78 is 2.84. The van der Waals surface area contributed by atoms with Crippen molar-refractivity contribution < 1.29 is 9.90 Å². The molecule has 7 nitrogen and oxygen atoms in total. The van der Waals surface area contributed by atoms with Crippen LogP contribution in [0.15, 0.2) is 58.3 Å². The average Bonchev–Trinajstić information content (AvgIpc) is 3.51. The molecule has 2 N–H and O–H groups in total. The van der Waals surface area contributed by atoms with E-state index in [1.807, 2.05) is 44.3 Å². The molecule has 32 heavy (non-hydrogen) atoms. The molecule has 2 aromatic carbocycles. The lowest BCUT2D eigenvalue weighted by Gasteiger charge is -2.23. The number of aromatic nitrogens is 3. The van der Waals surface area contributed by atoms with Gasteiger partial charge in [-0.05, 0) is 56.4 Å². The van der Waals surface area contributed by atoms with Gasteiger partial charge in [0.2, 0.25) is 0 Å². The summed E-state index contributed by atoms with van der Waals surface area (Å²) in [5.74, 6) is -0.968. The van der Waals surface area contributed by atoms with Crippen molar-refractivity contribution in [3.8, 4) is 0 Å². The van der Waals surface area contributed by atoms with Crippen molar-refractivity contribution in [2.75, 3.05) is 0 Å². The van der Waals surface area contributed by atoms with Gasteiger partial charge in [-0.1, -0.05) is 24.3 Å². The van der Waals surface area contributed by atoms with Gasteiger partial charge in [0.05, 0.1) is 29.4 Å². The molecule has 2 aromatic heterocycles. The molecule has 4 aromatic rings. The topological polar surface area (TPSA) is 97.1 Å². The van der Waals surface area contributed by atoms with Gasteiger partial charge >= 0.3 is 11.7 Å². The molecule has 1 saturated carbocycles. The number of aliphatic carboxylic acids is 1. The van der Waals surface area contributed by atoms with E-state index in [1.165, 1.54) is 4.57 Å². The molecule has 1 fully saturated rings. The van der Waals surface area contributed by atoms with Crippen LogP contribution >= 0.6 is 0 Å². The van der Waals surface area contributed by atoms with Crippen LogP contribution in [-0.4, -0.2) is 25.2 Å². The summed E-state index contributed by atoms with van der Waals surface area (Å²) in [6.45, 7) is 3.98. The Morgan fingerprint density at radius 1 is 1.12 bits per heavy atom. The summed E-state index contributed by atoms with van der Waals surface area (Å²) >= 11 is 0. The molecule has 0 spiro atoms. The molecule has 0 amide bonds. The van der Waals surface area contributed by atoms with Gasteiger partial charge in [-0.25, -0.2) is 4.79 Å². The van der Waals surface area contributed by atoms with E-state index in [-0.39, 0.29) is 18.4 Å². The maximum Gasteiger partial charge on any atom is 0.332 e. The van der Waals surface area contributed by atoms with Gasteiger partial charge in [-0.15, -0.1) is 0 Å². The van der Waals surface area contributed by atoms with Crippen molar-refractivity contribution in [3.05, 3.63) is 80.6 Å². The Morgan fingerprint density at radius 2 is 1.88 bits per heavy atom. The Labute approximate surface area is 183 Å². The summed E-state index contributed by atoms with van der Waals surface area (Å²) in [6, 6.07) is 12.1. The second-order valence-corrected chi connectivity index (χ2v) is 8.76. The number of rotatable bonds is 6. The van der Waals surface area contributed by atoms with Crippen LogP contribution in [0.5, 0.6) is 0 Å². The minimum absolute atomic E-state index is 0.0387. The zero-order valence-corrected chi connectivity index (χ0v) is 18.0. The van der Waals surface area contributed by atoms with Gasteiger partial charge in [0.25, 0.3) is 5.56 Å². The van der Waals surface area contributed by atoms with Gasteiger partial charge < -0.3 is 10.1 Å². The maximum atomic E-state index is 13.8. The molecule has 0 saturated heterocycles. The number of aromatic amines is 1. The molecular formula is C25H25N3O4. The molecule has 1 aliphatic rings. The number of nitrogens with zero attached hydrogens (tertiary/aromatic N) is 2. The molecule has 164 valence electrons. The van der Waals surface area contributed by atoms with E-state index in [0.29, 0.717) is 10.9 Å². The van der Waals surface area contributed by atoms with Crippen LogP contribution in [0.1, 0.15) is 49.4 Å². The van der Waals surface area contributed by atoms with E-state index in [0.717, 1.165) is 34.9 Å². The highest BCUT2D eigenvalue weighted by Crippen LogP contribution is 2.41. The van der Waals surface area contributed by atoms with E-state index < -0.39 is 23.3 Å². The first-order valence-corrected chi connectivity index (χ1v) is 10.9. The molecular weight excluding hydrogens is 406 g/mol. The predicted octanol–water partition coefficient (Wildman–Crippen LogP) is 3.99. The van der Waals surface area contributed by atoms with Crippen molar-refractivity contribution >= 4 is 27.8 Å². The first kappa shape index (κ1) is 20.3. The molecule has 2 atom stereocenters. The number of aryl methyl sites for hydroxylation is 1. The fourth-order valence-corrected chi connectivity index (χ4v) is 4.96. The van der Waals surface area contributed by atoms with Crippen LogP contribution in [-0.2, 0) is 4.79 Å². The van der Waals surface area contributed by atoms with Crippen LogP contribution in [0, 0.1) is 12.8 Å². The van der Waals surface area contributed by atoms with Gasteiger partial charge in [-0.2, -0.15) is 0 Å². The smallest absolute Gasteiger partial charge is 0.332 e. The highest BCUT2D eigenvalue weighted by Gasteiger charge is 2.37. The molecule has 5 rings (SSSR count). The van der Waals surface area contributed by atoms with Crippen molar-refractivity contribution in [1.82, 2.24) is 14.1 Å². The van der Waals surface area contributed by atoms with Crippen molar-refractivity contribution in [2.45, 2.75) is 45.2 Å². The first-order valence-electron chi connectivity index (χ1n) is 10.9. The average molecular weight is 431 g/mol. The summed E-state index contributed by atoms with van der Waals surface area (Å²) in [7, 11) is 0. The third-order valence-electron chi connectivity index (χ3n) is 6.69. The second kappa shape index (κ2) is 7.51. The third-order valence-corrected chi connectivity index (χ3v) is 6.69. The number of para-hydroxylation sites is 1. The third kappa shape index (κ3) is 3.16. The molecule has 7 heteroatoms. The first-order chi connectivity index (χ1) is 15.4. The number of carboxylic acids is 1. The molecule has 2 unspecified atom stereocenters. The minimum Gasteiger partial charge on any atom is -0.481 e. The lowest BCUT2D eigenvalue weighted by molar-refractivity contribution is -0.138. The van der Waals surface area contributed by atoms with E-state index in [2.05, 4.69) is 4.98 Å². The molecule has 0 radical (unpaired) electrons. The number of carbonyl (C=O) groups is 1. The lowest BCUT2D eigenvalue weighted by atomic mass is 10.0. The molecule has 1 aliphatic carbocycles. The summed E-state index contributed by atoms with van der Waals surface area (Å²) in [4.78, 5) is 42.1. The Kier molecular flexibility index (Phi) is 4.77. The summed E-state index contributed by atoms with van der Waals surface area (Å²) in [5.41, 5.74) is 2.72. The van der Waals surface area contributed by atoms with E-state index in [4.69, 9.17) is 0 Å². The van der Waals surface area contributed by atoms with Crippen molar-refractivity contribution in [3.63, 3.8) is 0 Å². The van der Waals surface area contributed by atoms with Gasteiger partial charge in [0.15, 0.2) is 0 Å². The van der Waals surface area contributed by atoms with E-state index in [1.54, 1.807) is 22.8 Å². The number of fused-ring (bicyclic) bond motifs is 2. The Balaban J connectivity index is 1.80. The number of H-pyrrole nitrogens is 1. The van der Waals surface area contributed by atoms with E-state index in [9.17, 15) is 19.5 Å². The van der Waals surface area contributed by atoms with Crippen LogP contribution in [0.4, 0.5) is 0 Å². The van der Waals surface area contributed by atoms with Crippen molar-refractivity contribution in [2.24, 2.45) is 5.92 Å². The zero-order chi connectivity index (χ0) is 22.6. The van der Waals surface area contributed by atoms with Gasteiger partial charge in [0, 0.05) is 22.7 Å². The fraction of sp³-hybridized carbons (Fsp3) is 0.320. The lowest BCUT2D eigenvalue weighted by Crippen LogP contribution is -2.44. The molecule has 0 bridgehead atoms. The van der Waals surface area contributed by atoms with Gasteiger partial charge in [-0.3, -0.25) is 18.7 Å². The minimum atomic E-state index is -1.01. The van der Waals surface area contributed by atoms with Gasteiger partial charge in [0.1, 0.15) is 0 Å². The van der Waals surface area contributed by atoms with Crippen LogP contribution < -0.4 is 11.2 Å². The van der Waals surface area contributed by atoms with Crippen molar-refractivity contribution in [1.29, 1.82) is 0 Å². The quantitative estimate of drug-likeness (QED) is 0.482. The number of hydrogen-bond acceptors (Lipinski definition) is 3. The normalized spacial score (nSPS) is 15.8. The number of hydrogen-bond donors (Lipinski definition) is 2. The highest BCUT2D eigenvalue weighted by atomic mass is 16.4. The SMILES string of the molecule is Cc1cccc2[nH]cc(C(C)n3c(=O)n(C(CC(=O)O)C4CC4)c(=O)c4ccccc43)c12. The maximum absolute atomic E-state index is 13.8. The number of nitrogens with one attached hydrogen (secondary N) is 1. The second-order valence-electron chi connectivity index (χ2n) is 8.76. The Morgan fingerprint density at radius 3 is 2.59 bits per heavy atom.